The number of rotatable bonds is 0. The molecule has 2 aliphatic rings. The highest BCUT2D eigenvalue weighted by molar-refractivity contribution is 6.01. The standard InChI is InChI=1S/C10H16N2O2/c1-6-4-3-5-10(7(6)2)8(13)12-9(11)14-10/h6-7H,3-5H2,1-2H3,(H2,11,12,13). The minimum atomic E-state index is -0.734. The zero-order valence-electron chi connectivity index (χ0n) is 8.62. The second-order valence-corrected chi connectivity index (χ2v) is 4.40. The number of hydrogen-bond acceptors (Lipinski definition) is 3. The SMILES string of the molecule is CC1CCCC2(OC(N)=NC2=O)C1C. The number of carbonyl (C=O) groups excluding carboxylic acids is 1. The molecule has 3 atom stereocenters. The van der Waals surface area contributed by atoms with E-state index < -0.39 is 5.60 Å². The van der Waals surface area contributed by atoms with Gasteiger partial charge in [0.2, 0.25) is 0 Å². The van der Waals surface area contributed by atoms with E-state index in [0.29, 0.717) is 5.92 Å². The second-order valence-electron chi connectivity index (χ2n) is 4.40. The minimum Gasteiger partial charge on any atom is -0.448 e. The Bertz CT molecular complexity index is 300. The van der Waals surface area contributed by atoms with Crippen LogP contribution in [-0.2, 0) is 9.53 Å². The van der Waals surface area contributed by atoms with Crippen molar-refractivity contribution >= 4 is 11.9 Å². The van der Waals surface area contributed by atoms with Gasteiger partial charge in [0.15, 0.2) is 5.60 Å². The van der Waals surface area contributed by atoms with Gasteiger partial charge in [-0.3, -0.25) is 4.79 Å². The summed E-state index contributed by atoms with van der Waals surface area (Å²) in [5.41, 5.74) is 4.71. The van der Waals surface area contributed by atoms with Crippen LogP contribution >= 0.6 is 0 Å². The van der Waals surface area contributed by atoms with Crippen molar-refractivity contribution in [1.29, 1.82) is 0 Å². The first-order valence-electron chi connectivity index (χ1n) is 5.14. The molecule has 1 heterocycles. The molecule has 1 spiro atoms. The van der Waals surface area contributed by atoms with Gasteiger partial charge in [0, 0.05) is 5.92 Å². The summed E-state index contributed by atoms with van der Waals surface area (Å²) in [7, 11) is 0. The van der Waals surface area contributed by atoms with Crippen LogP contribution in [0.15, 0.2) is 4.99 Å². The highest BCUT2D eigenvalue weighted by atomic mass is 16.5. The molecule has 3 unspecified atom stereocenters. The van der Waals surface area contributed by atoms with Crippen molar-refractivity contribution in [3.63, 3.8) is 0 Å². The molecule has 4 heteroatoms. The molecule has 0 aromatic rings. The van der Waals surface area contributed by atoms with Gasteiger partial charge < -0.3 is 10.5 Å². The van der Waals surface area contributed by atoms with Gasteiger partial charge in [-0.15, -0.1) is 0 Å². The molecular weight excluding hydrogens is 180 g/mol. The van der Waals surface area contributed by atoms with Gasteiger partial charge in [-0.05, 0) is 18.8 Å². The Morgan fingerprint density at radius 3 is 2.86 bits per heavy atom. The first-order valence-corrected chi connectivity index (χ1v) is 5.14. The van der Waals surface area contributed by atoms with Gasteiger partial charge in [-0.25, -0.2) is 0 Å². The van der Waals surface area contributed by atoms with Crippen molar-refractivity contribution in [2.75, 3.05) is 0 Å². The Balaban J connectivity index is 2.28. The molecule has 0 bridgehead atoms. The van der Waals surface area contributed by atoms with Crippen molar-refractivity contribution in [1.82, 2.24) is 0 Å². The van der Waals surface area contributed by atoms with E-state index in [0.717, 1.165) is 19.3 Å². The number of hydrogen-bond donors (Lipinski definition) is 1. The average molecular weight is 196 g/mol. The molecule has 0 saturated heterocycles. The Hall–Kier alpha value is -1.06. The third kappa shape index (κ3) is 1.13. The molecule has 1 amide bonds. The largest absolute Gasteiger partial charge is 0.448 e. The normalized spacial score (nSPS) is 42.4. The summed E-state index contributed by atoms with van der Waals surface area (Å²) in [6.07, 6.45) is 2.92. The predicted molar refractivity (Wildman–Crippen MR) is 52.6 cm³/mol. The summed E-state index contributed by atoms with van der Waals surface area (Å²) in [6.45, 7) is 4.20. The summed E-state index contributed by atoms with van der Waals surface area (Å²) in [5.74, 6) is 0.511. The lowest BCUT2D eigenvalue weighted by molar-refractivity contribution is -0.140. The maximum absolute atomic E-state index is 11.7. The van der Waals surface area contributed by atoms with Crippen LogP contribution < -0.4 is 5.73 Å². The average Bonchev–Trinajstić information content (AvgIpc) is 2.39. The Labute approximate surface area is 83.5 Å². The minimum absolute atomic E-state index is 0.0379. The number of nitrogens with zero attached hydrogens (tertiary/aromatic N) is 1. The summed E-state index contributed by atoms with van der Waals surface area (Å²) >= 11 is 0. The lowest BCUT2D eigenvalue weighted by Crippen LogP contribution is -2.49. The highest BCUT2D eigenvalue weighted by Crippen LogP contribution is 2.42. The summed E-state index contributed by atoms with van der Waals surface area (Å²) < 4.78 is 5.46. The monoisotopic (exact) mass is 196 g/mol. The van der Waals surface area contributed by atoms with Crippen LogP contribution in [0.1, 0.15) is 33.1 Å². The molecule has 2 N–H and O–H groups in total. The molecule has 0 aromatic carbocycles. The number of nitrogens with two attached hydrogens (primary N) is 1. The van der Waals surface area contributed by atoms with Crippen LogP contribution in [-0.4, -0.2) is 17.5 Å². The van der Waals surface area contributed by atoms with Gasteiger partial charge in [0.05, 0.1) is 0 Å². The molecular formula is C10H16N2O2. The number of ether oxygens (including phenoxy) is 1. The van der Waals surface area contributed by atoms with Gasteiger partial charge >= 0.3 is 0 Å². The molecule has 0 radical (unpaired) electrons. The van der Waals surface area contributed by atoms with Gasteiger partial charge in [0.25, 0.3) is 11.9 Å². The highest BCUT2D eigenvalue weighted by Gasteiger charge is 2.53. The quantitative estimate of drug-likeness (QED) is 0.630. The number of amides is 1. The smallest absolute Gasteiger partial charge is 0.294 e. The molecule has 4 nitrogen and oxygen atoms in total. The van der Waals surface area contributed by atoms with E-state index in [1.807, 2.05) is 0 Å². The number of amidine groups is 1. The fourth-order valence-electron chi connectivity index (χ4n) is 2.52. The van der Waals surface area contributed by atoms with Crippen LogP contribution in [0.25, 0.3) is 0 Å². The summed E-state index contributed by atoms with van der Waals surface area (Å²) in [4.78, 5) is 15.4. The van der Waals surface area contributed by atoms with E-state index in [4.69, 9.17) is 10.5 Å². The van der Waals surface area contributed by atoms with E-state index in [1.165, 1.54) is 0 Å². The number of carbonyl (C=O) groups is 1. The fraction of sp³-hybridized carbons (Fsp3) is 0.800. The first kappa shape index (κ1) is 9.49. The van der Waals surface area contributed by atoms with Crippen molar-refractivity contribution in [3.8, 4) is 0 Å². The van der Waals surface area contributed by atoms with Crippen LogP contribution in [0.5, 0.6) is 0 Å². The molecule has 0 aromatic heterocycles. The molecule has 78 valence electrons. The molecule has 14 heavy (non-hydrogen) atoms. The molecule has 1 aliphatic heterocycles. The summed E-state index contributed by atoms with van der Waals surface area (Å²) in [6, 6.07) is 0.0379. The molecule has 1 fully saturated rings. The second kappa shape index (κ2) is 2.97. The fourth-order valence-corrected chi connectivity index (χ4v) is 2.52. The van der Waals surface area contributed by atoms with Gasteiger partial charge in [-0.1, -0.05) is 20.3 Å². The lowest BCUT2D eigenvalue weighted by atomic mass is 9.70. The summed E-state index contributed by atoms with van der Waals surface area (Å²) in [5, 5.41) is 0. The van der Waals surface area contributed by atoms with Crippen LogP contribution in [0.2, 0.25) is 0 Å². The third-order valence-corrected chi connectivity index (χ3v) is 3.66. The van der Waals surface area contributed by atoms with Crippen LogP contribution in [0.3, 0.4) is 0 Å². The van der Waals surface area contributed by atoms with E-state index >= 15 is 0 Å². The zero-order chi connectivity index (χ0) is 10.3. The van der Waals surface area contributed by atoms with Crippen molar-refractivity contribution < 1.29 is 9.53 Å². The number of aliphatic imine (C=N–C) groups is 1. The van der Waals surface area contributed by atoms with E-state index in [2.05, 4.69) is 18.8 Å². The lowest BCUT2D eigenvalue weighted by Gasteiger charge is -2.39. The molecule has 1 saturated carbocycles. The predicted octanol–water partition coefficient (Wildman–Crippen LogP) is 1.05. The van der Waals surface area contributed by atoms with E-state index in [1.54, 1.807) is 0 Å². The first-order chi connectivity index (χ1) is 6.56. The van der Waals surface area contributed by atoms with E-state index in [-0.39, 0.29) is 17.8 Å². The molecule has 1 aliphatic carbocycles. The van der Waals surface area contributed by atoms with Crippen LogP contribution in [0.4, 0.5) is 0 Å². The Kier molecular flexibility index (Phi) is 2.01. The topological polar surface area (TPSA) is 64.7 Å². The Morgan fingerprint density at radius 2 is 2.29 bits per heavy atom. The van der Waals surface area contributed by atoms with Crippen molar-refractivity contribution in [2.45, 2.75) is 38.7 Å². The maximum atomic E-state index is 11.7. The van der Waals surface area contributed by atoms with Gasteiger partial charge in [-0.2, -0.15) is 4.99 Å². The third-order valence-electron chi connectivity index (χ3n) is 3.66. The van der Waals surface area contributed by atoms with Crippen LogP contribution in [0, 0.1) is 11.8 Å². The zero-order valence-corrected chi connectivity index (χ0v) is 8.62. The van der Waals surface area contributed by atoms with Gasteiger partial charge in [0.1, 0.15) is 0 Å². The van der Waals surface area contributed by atoms with E-state index in [9.17, 15) is 4.79 Å². The Morgan fingerprint density at radius 1 is 1.57 bits per heavy atom. The maximum Gasteiger partial charge on any atom is 0.294 e. The van der Waals surface area contributed by atoms with Crippen molar-refractivity contribution in [3.05, 3.63) is 0 Å². The molecule has 2 rings (SSSR count). The van der Waals surface area contributed by atoms with Crippen molar-refractivity contribution in [2.24, 2.45) is 22.6 Å².